The van der Waals surface area contributed by atoms with Crippen LogP contribution in [0.5, 0.6) is 0 Å². The number of alkyl carbamates (subject to hydrolysis) is 1. The first-order valence-electron chi connectivity index (χ1n) is 7.47. The Labute approximate surface area is 125 Å². The highest BCUT2D eigenvalue weighted by atomic mass is 16.6. The molecule has 2 amide bonds. The predicted octanol–water partition coefficient (Wildman–Crippen LogP) is 2.45. The third-order valence-electron chi connectivity index (χ3n) is 3.68. The van der Waals surface area contributed by atoms with Crippen LogP contribution in [-0.2, 0) is 21.7 Å². The number of ether oxygens (including phenoxy) is 1. The summed E-state index contributed by atoms with van der Waals surface area (Å²) in [7, 11) is 0. The van der Waals surface area contributed by atoms with Gasteiger partial charge in [-0.2, -0.15) is 0 Å². The van der Waals surface area contributed by atoms with Gasteiger partial charge in [-0.1, -0.05) is 31.2 Å². The number of amides is 2. The Morgan fingerprint density at radius 3 is 2.76 bits per heavy atom. The van der Waals surface area contributed by atoms with E-state index in [2.05, 4.69) is 10.6 Å². The van der Waals surface area contributed by atoms with Crippen molar-refractivity contribution < 1.29 is 14.3 Å². The second-order valence-electron chi connectivity index (χ2n) is 5.16. The lowest BCUT2D eigenvalue weighted by Gasteiger charge is -2.38. The molecule has 0 heterocycles. The molecule has 0 spiro atoms. The first kappa shape index (κ1) is 15.4. The summed E-state index contributed by atoms with van der Waals surface area (Å²) in [6.07, 6.45) is 2.22. The topological polar surface area (TPSA) is 67.4 Å². The molecule has 0 aliphatic heterocycles. The monoisotopic (exact) mass is 290 g/mol. The molecular formula is C16H22N2O3. The maximum Gasteiger partial charge on any atom is 0.409 e. The zero-order valence-electron chi connectivity index (χ0n) is 12.6. The molecule has 2 N–H and O–H groups in total. The number of rotatable bonds is 4. The molecule has 5 heteroatoms. The number of aryl methyl sites for hydroxylation is 1. The van der Waals surface area contributed by atoms with Gasteiger partial charge in [0.1, 0.15) is 0 Å². The smallest absolute Gasteiger partial charge is 0.409 e. The Bertz CT molecular complexity index is 530. The highest BCUT2D eigenvalue weighted by molar-refractivity contribution is 5.77. The first-order valence-corrected chi connectivity index (χ1v) is 7.47. The normalized spacial score (nSPS) is 20.3. The van der Waals surface area contributed by atoms with E-state index in [1.54, 1.807) is 6.92 Å². The van der Waals surface area contributed by atoms with Crippen LogP contribution >= 0.6 is 0 Å². The van der Waals surface area contributed by atoms with E-state index in [1.165, 1.54) is 0 Å². The predicted molar refractivity (Wildman–Crippen MR) is 79.6 cm³/mol. The van der Waals surface area contributed by atoms with Crippen LogP contribution in [0, 0.1) is 0 Å². The lowest BCUT2D eigenvalue weighted by atomic mass is 9.84. The summed E-state index contributed by atoms with van der Waals surface area (Å²) in [5.74, 6) is -0.129. The number of benzene rings is 1. The first-order chi connectivity index (χ1) is 10.1. The van der Waals surface area contributed by atoms with Gasteiger partial charge in [0, 0.05) is 24.9 Å². The number of hydrogen-bond donors (Lipinski definition) is 2. The summed E-state index contributed by atoms with van der Waals surface area (Å²) < 4.78 is 5.64. The SMILES string of the molecule is CCNC(=O)OC1(NC(=O)CC)CCCc2ccccc21. The molecule has 0 bridgehead atoms. The van der Waals surface area contributed by atoms with Gasteiger partial charge in [0.2, 0.25) is 11.6 Å². The molecule has 0 saturated heterocycles. The molecule has 1 aliphatic carbocycles. The van der Waals surface area contributed by atoms with Crippen LogP contribution in [0.1, 0.15) is 44.2 Å². The van der Waals surface area contributed by atoms with Gasteiger partial charge < -0.3 is 15.4 Å². The average molecular weight is 290 g/mol. The van der Waals surface area contributed by atoms with E-state index in [1.807, 2.05) is 31.2 Å². The minimum absolute atomic E-state index is 0.129. The zero-order valence-corrected chi connectivity index (χ0v) is 12.6. The minimum atomic E-state index is -1.05. The summed E-state index contributed by atoms with van der Waals surface area (Å²) >= 11 is 0. The molecule has 1 atom stereocenters. The van der Waals surface area contributed by atoms with Crippen molar-refractivity contribution in [1.29, 1.82) is 0 Å². The van der Waals surface area contributed by atoms with Crippen LogP contribution in [0.3, 0.4) is 0 Å². The molecule has 21 heavy (non-hydrogen) atoms. The molecule has 1 aromatic carbocycles. The van der Waals surface area contributed by atoms with Gasteiger partial charge in [0.25, 0.3) is 0 Å². The van der Waals surface area contributed by atoms with Gasteiger partial charge in [-0.25, -0.2) is 4.79 Å². The summed E-state index contributed by atoms with van der Waals surface area (Å²) in [6.45, 7) is 4.09. The second kappa shape index (κ2) is 6.61. The average Bonchev–Trinajstić information content (AvgIpc) is 2.47. The van der Waals surface area contributed by atoms with Crippen LogP contribution < -0.4 is 10.6 Å². The van der Waals surface area contributed by atoms with E-state index in [9.17, 15) is 9.59 Å². The minimum Gasteiger partial charge on any atom is -0.418 e. The van der Waals surface area contributed by atoms with Gasteiger partial charge in [-0.05, 0) is 25.3 Å². The molecule has 5 nitrogen and oxygen atoms in total. The molecular weight excluding hydrogens is 268 g/mol. The van der Waals surface area contributed by atoms with Crippen LogP contribution in [0.25, 0.3) is 0 Å². The number of carbonyl (C=O) groups is 2. The van der Waals surface area contributed by atoms with Gasteiger partial charge in [-0.15, -0.1) is 0 Å². The number of fused-ring (bicyclic) bond motifs is 1. The standard InChI is InChI=1S/C16H22N2O3/c1-3-14(19)18-16(21-15(20)17-4-2)11-7-9-12-8-5-6-10-13(12)16/h5-6,8,10H,3-4,7,9,11H2,1-2H3,(H,17,20)(H,18,19). The fourth-order valence-electron chi connectivity index (χ4n) is 2.71. The largest absolute Gasteiger partial charge is 0.418 e. The fourth-order valence-corrected chi connectivity index (χ4v) is 2.71. The summed E-state index contributed by atoms with van der Waals surface area (Å²) in [5.41, 5.74) is 0.940. The number of carbonyl (C=O) groups excluding carboxylic acids is 2. The van der Waals surface area contributed by atoms with Crippen LogP contribution in [-0.4, -0.2) is 18.5 Å². The van der Waals surface area contributed by atoms with E-state index in [-0.39, 0.29) is 5.91 Å². The van der Waals surface area contributed by atoms with Crippen LogP contribution in [0.15, 0.2) is 24.3 Å². The van der Waals surface area contributed by atoms with Crippen molar-refractivity contribution in [2.75, 3.05) is 6.54 Å². The molecule has 0 aromatic heterocycles. The lowest BCUT2D eigenvalue weighted by molar-refractivity contribution is -0.130. The lowest BCUT2D eigenvalue weighted by Crippen LogP contribution is -2.52. The number of nitrogens with one attached hydrogen (secondary N) is 2. The zero-order chi connectivity index (χ0) is 15.3. The third-order valence-corrected chi connectivity index (χ3v) is 3.68. The van der Waals surface area contributed by atoms with Gasteiger partial charge >= 0.3 is 6.09 Å². The Morgan fingerprint density at radius 2 is 2.05 bits per heavy atom. The molecule has 114 valence electrons. The van der Waals surface area contributed by atoms with E-state index in [4.69, 9.17) is 4.74 Å². The van der Waals surface area contributed by atoms with Gasteiger partial charge in [-0.3, -0.25) is 4.79 Å². The Balaban J connectivity index is 2.37. The maximum absolute atomic E-state index is 11.9. The molecule has 0 saturated carbocycles. The fraction of sp³-hybridized carbons (Fsp3) is 0.500. The molecule has 1 unspecified atom stereocenters. The van der Waals surface area contributed by atoms with Gasteiger partial charge in [0.15, 0.2) is 0 Å². The highest BCUT2D eigenvalue weighted by Crippen LogP contribution is 2.36. The van der Waals surface area contributed by atoms with Crippen molar-refractivity contribution in [2.24, 2.45) is 0 Å². The van der Waals surface area contributed by atoms with Gasteiger partial charge in [0.05, 0.1) is 0 Å². The Hall–Kier alpha value is -2.04. The van der Waals surface area contributed by atoms with Crippen molar-refractivity contribution in [3.8, 4) is 0 Å². The van der Waals surface area contributed by atoms with E-state index >= 15 is 0 Å². The molecule has 1 aliphatic rings. The summed E-state index contributed by atoms with van der Waals surface area (Å²) in [5, 5.41) is 5.53. The van der Waals surface area contributed by atoms with E-state index in [0.29, 0.717) is 19.4 Å². The van der Waals surface area contributed by atoms with E-state index < -0.39 is 11.8 Å². The summed E-state index contributed by atoms with van der Waals surface area (Å²) in [4.78, 5) is 23.8. The maximum atomic E-state index is 11.9. The van der Waals surface area contributed by atoms with Crippen molar-refractivity contribution in [3.63, 3.8) is 0 Å². The van der Waals surface area contributed by atoms with Crippen molar-refractivity contribution in [2.45, 2.75) is 45.3 Å². The summed E-state index contributed by atoms with van der Waals surface area (Å²) in [6, 6.07) is 7.80. The van der Waals surface area contributed by atoms with Crippen LogP contribution in [0.4, 0.5) is 4.79 Å². The van der Waals surface area contributed by atoms with Crippen molar-refractivity contribution >= 4 is 12.0 Å². The Morgan fingerprint density at radius 1 is 1.29 bits per heavy atom. The molecule has 0 radical (unpaired) electrons. The second-order valence-corrected chi connectivity index (χ2v) is 5.16. The Kier molecular flexibility index (Phi) is 4.83. The third kappa shape index (κ3) is 3.35. The quantitative estimate of drug-likeness (QED) is 0.837. The van der Waals surface area contributed by atoms with Crippen molar-refractivity contribution in [1.82, 2.24) is 10.6 Å². The molecule has 2 rings (SSSR count). The van der Waals surface area contributed by atoms with E-state index in [0.717, 1.165) is 24.0 Å². The number of hydrogen-bond acceptors (Lipinski definition) is 3. The molecule has 1 aromatic rings. The van der Waals surface area contributed by atoms with Crippen LogP contribution in [0.2, 0.25) is 0 Å². The molecule has 0 fully saturated rings. The highest BCUT2D eigenvalue weighted by Gasteiger charge is 2.41. The van der Waals surface area contributed by atoms with Crippen molar-refractivity contribution in [3.05, 3.63) is 35.4 Å².